The van der Waals surface area contributed by atoms with E-state index in [9.17, 15) is 9.59 Å². The van der Waals surface area contributed by atoms with Crippen LogP contribution in [0.5, 0.6) is 11.5 Å². The molecule has 4 aromatic carbocycles. The molecular weight excluding hydrogens is 478 g/mol. The molecular formula is C28H24ClN3O4. The third kappa shape index (κ3) is 6.00. The van der Waals surface area contributed by atoms with Gasteiger partial charge in [-0.05, 0) is 65.7 Å². The number of carbonyl (C=O) groups excluding carboxylic acids is 2. The van der Waals surface area contributed by atoms with Gasteiger partial charge in [0.1, 0.15) is 6.61 Å². The van der Waals surface area contributed by atoms with E-state index in [0.29, 0.717) is 40.1 Å². The summed E-state index contributed by atoms with van der Waals surface area (Å²) in [7, 11) is 1.55. The Labute approximate surface area is 213 Å². The average Bonchev–Trinajstić information content (AvgIpc) is 2.91. The zero-order valence-electron chi connectivity index (χ0n) is 19.7. The summed E-state index contributed by atoms with van der Waals surface area (Å²) in [6, 6.07) is 26.0. The van der Waals surface area contributed by atoms with E-state index in [1.54, 1.807) is 56.5 Å². The maximum absolute atomic E-state index is 12.1. The number of fused-ring (bicyclic) bond motifs is 1. The lowest BCUT2D eigenvalue weighted by atomic mass is 10.1. The van der Waals surface area contributed by atoms with Crippen molar-refractivity contribution in [2.24, 2.45) is 5.10 Å². The molecule has 0 radical (unpaired) electrons. The summed E-state index contributed by atoms with van der Waals surface area (Å²) in [6.07, 6.45) is 0. The van der Waals surface area contributed by atoms with Gasteiger partial charge < -0.3 is 14.8 Å². The molecule has 4 aromatic rings. The zero-order valence-corrected chi connectivity index (χ0v) is 20.5. The topological polar surface area (TPSA) is 89.0 Å². The third-order valence-electron chi connectivity index (χ3n) is 5.48. The number of carbonyl (C=O) groups is 2. The van der Waals surface area contributed by atoms with Gasteiger partial charge in [-0.2, -0.15) is 5.10 Å². The number of nitrogens with one attached hydrogen (secondary N) is 2. The maximum atomic E-state index is 12.1. The first-order valence-corrected chi connectivity index (χ1v) is 11.5. The fraction of sp³-hybridized carbons (Fsp3) is 0.107. The predicted octanol–water partition coefficient (Wildman–Crippen LogP) is 5.56. The van der Waals surface area contributed by atoms with Gasteiger partial charge in [0.2, 0.25) is 0 Å². The van der Waals surface area contributed by atoms with E-state index in [4.69, 9.17) is 21.1 Å². The summed E-state index contributed by atoms with van der Waals surface area (Å²) in [5.74, 6) is -0.641. The second-order valence-electron chi connectivity index (χ2n) is 7.89. The minimum atomic E-state index is -0.897. The van der Waals surface area contributed by atoms with Crippen molar-refractivity contribution in [3.63, 3.8) is 0 Å². The average molecular weight is 502 g/mol. The highest BCUT2D eigenvalue weighted by atomic mass is 35.5. The number of halogens is 1. The van der Waals surface area contributed by atoms with Crippen LogP contribution in [0.15, 0.2) is 90.0 Å². The molecule has 0 atom stereocenters. The van der Waals surface area contributed by atoms with Crippen molar-refractivity contribution in [3.05, 3.63) is 101 Å². The van der Waals surface area contributed by atoms with Crippen LogP contribution in [-0.4, -0.2) is 24.6 Å². The SMILES string of the molecule is COc1cc(/C(C)=N/NC(=O)C(=O)Nc2ccc(Cl)cc2)ccc1OCc1cccc2ccccc12. The molecule has 182 valence electrons. The summed E-state index contributed by atoms with van der Waals surface area (Å²) in [4.78, 5) is 24.2. The van der Waals surface area contributed by atoms with Crippen molar-refractivity contribution < 1.29 is 19.1 Å². The van der Waals surface area contributed by atoms with Crippen LogP contribution in [0, 0.1) is 0 Å². The number of nitrogens with zero attached hydrogens (tertiary/aromatic N) is 1. The van der Waals surface area contributed by atoms with Crippen molar-refractivity contribution in [2.45, 2.75) is 13.5 Å². The Hall–Kier alpha value is -4.36. The highest BCUT2D eigenvalue weighted by Crippen LogP contribution is 2.30. The second-order valence-corrected chi connectivity index (χ2v) is 8.33. The fourth-order valence-corrected chi connectivity index (χ4v) is 3.68. The molecule has 0 aliphatic carbocycles. The number of hydrogen-bond acceptors (Lipinski definition) is 5. The molecule has 0 unspecified atom stereocenters. The minimum absolute atomic E-state index is 0.378. The standard InChI is InChI=1S/C28H24ClN3O4/c1-18(31-32-28(34)27(33)30-23-13-11-22(29)12-14-23)20-10-15-25(26(16-20)35-2)36-17-21-8-5-7-19-6-3-4-9-24(19)21/h3-16H,17H2,1-2H3,(H,30,33)(H,32,34)/b31-18+. The molecule has 36 heavy (non-hydrogen) atoms. The summed E-state index contributed by atoms with van der Waals surface area (Å²) in [5, 5.41) is 9.33. The molecule has 7 nitrogen and oxygen atoms in total. The van der Waals surface area contributed by atoms with Crippen LogP contribution in [0.3, 0.4) is 0 Å². The zero-order chi connectivity index (χ0) is 25.5. The minimum Gasteiger partial charge on any atom is -0.493 e. The Kier molecular flexibility index (Phi) is 7.82. The molecule has 0 spiro atoms. The summed E-state index contributed by atoms with van der Waals surface area (Å²) in [6.45, 7) is 2.09. The summed E-state index contributed by atoms with van der Waals surface area (Å²) >= 11 is 5.82. The van der Waals surface area contributed by atoms with Gasteiger partial charge in [-0.15, -0.1) is 0 Å². The van der Waals surface area contributed by atoms with Crippen LogP contribution in [-0.2, 0) is 16.2 Å². The molecule has 0 heterocycles. The molecule has 0 saturated heterocycles. The number of amides is 2. The number of hydrogen-bond donors (Lipinski definition) is 2. The largest absolute Gasteiger partial charge is 0.493 e. The summed E-state index contributed by atoms with van der Waals surface area (Å²) < 4.78 is 11.6. The first kappa shape index (κ1) is 24.8. The highest BCUT2D eigenvalue weighted by Gasteiger charge is 2.14. The van der Waals surface area contributed by atoms with Gasteiger partial charge in [-0.3, -0.25) is 9.59 Å². The highest BCUT2D eigenvalue weighted by molar-refractivity contribution is 6.39. The smallest absolute Gasteiger partial charge is 0.329 e. The van der Waals surface area contributed by atoms with E-state index in [1.807, 2.05) is 24.3 Å². The number of anilines is 1. The molecule has 4 rings (SSSR count). The number of rotatable bonds is 7. The summed E-state index contributed by atoms with van der Waals surface area (Å²) in [5.41, 5.74) is 4.97. The van der Waals surface area contributed by atoms with Gasteiger partial charge in [0.15, 0.2) is 11.5 Å². The molecule has 0 bridgehead atoms. The predicted molar refractivity (Wildman–Crippen MR) is 142 cm³/mol. The molecule has 2 amide bonds. The Morgan fingerprint density at radius 3 is 2.42 bits per heavy atom. The van der Waals surface area contributed by atoms with E-state index in [0.717, 1.165) is 16.3 Å². The van der Waals surface area contributed by atoms with Gasteiger partial charge in [0, 0.05) is 16.3 Å². The van der Waals surface area contributed by atoms with Crippen LogP contribution in [0.4, 0.5) is 5.69 Å². The molecule has 0 fully saturated rings. The second kappa shape index (κ2) is 11.4. The molecule has 0 saturated carbocycles. The van der Waals surface area contributed by atoms with Crippen molar-refractivity contribution in [2.75, 3.05) is 12.4 Å². The normalized spacial score (nSPS) is 11.1. The number of hydrazone groups is 1. The maximum Gasteiger partial charge on any atom is 0.329 e. The lowest BCUT2D eigenvalue weighted by molar-refractivity contribution is -0.136. The molecule has 0 aliphatic heterocycles. The number of ether oxygens (including phenoxy) is 2. The van der Waals surface area contributed by atoms with E-state index < -0.39 is 11.8 Å². The van der Waals surface area contributed by atoms with Crippen molar-refractivity contribution in [3.8, 4) is 11.5 Å². The molecule has 8 heteroatoms. The fourth-order valence-electron chi connectivity index (χ4n) is 3.56. The Balaban J connectivity index is 1.41. The number of methoxy groups -OCH3 is 1. The number of benzene rings is 4. The first-order chi connectivity index (χ1) is 17.4. The molecule has 2 N–H and O–H groups in total. The van der Waals surface area contributed by atoms with Gasteiger partial charge >= 0.3 is 11.8 Å². The Morgan fingerprint density at radius 2 is 1.64 bits per heavy atom. The van der Waals surface area contributed by atoms with Crippen molar-refractivity contribution in [1.29, 1.82) is 0 Å². The van der Waals surface area contributed by atoms with E-state index in [-0.39, 0.29) is 0 Å². The third-order valence-corrected chi connectivity index (χ3v) is 5.73. The van der Waals surface area contributed by atoms with Crippen LogP contribution < -0.4 is 20.2 Å². The van der Waals surface area contributed by atoms with Crippen molar-refractivity contribution in [1.82, 2.24) is 5.43 Å². The van der Waals surface area contributed by atoms with Crippen LogP contribution >= 0.6 is 11.6 Å². The van der Waals surface area contributed by atoms with E-state index in [2.05, 4.69) is 34.0 Å². The van der Waals surface area contributed by atoms with E-state index >= 15 is 0 Å². The van der Waals surface area contributed by atoms with Gasteiger partial charge in [0.25, 0.3) is 0 Å². The lowest BCUT2D eigenvalue weighted by Crippen LogP contribution is -2.32. The molecule has 0 aromatic heterocycles. The van der Waals surface area contributed by atoms with Gasteiger partial charge in [-0.25, -0.2) is 5.43 Å². The monoisotopic (exact) mass is 501 g/mol. The van der Waals surface area contributed by atoms with Crippen molar-refractivity contribution >= 4 is 45.6 Å². The Morgan fingerprint density at radius 1 is 0.889 bits per heavy atom. The van der Waals surface area contributed by atoms with Crippen LogP contribution in [0.1, 0.15) is 18.1 Å². The molecule has 0 aliphatic rings. The van der Waals surface area contributed by atoms with Crippen LogP contribution in [0.2, 0.25) is 5.02 Å². The van der Waals surface area contributed by atoms with Gasteiger partial charge in [-0.1, -0.05) is 54.1 Å². The van der Waals surface area contributed by atoms with E-state index in [1.165, 1.54) is 0 Å². The quantitative estimate of drug-likeness (QED) is 0.197. The first-order valence-electron chi connectivity index (χ1n) is 11.1. The Bertz CT molecular complexity index is 1430. The van der Waals surface area contributed by atoms with Crippen LogP contribution in [0.25, 0.3) is 10.8 Å². The lowest BCUT2D eigenvalue weighted by Gasteiger charge is -2.13. The van der Waals surface area contributed by atoms with Gasteiger partial charge in [0.05, 0.1) is 12.8 Å².